The van der Waals surface area contributed by atoms with Crippen molar-refractivity contribution >= 4 is 0 Å². The summed E-state index contributed by atoms with van der Waals surface area (Å²) >= 11 is 0. The zero-order valence-corrected chi connectivity index (χ0v) is 13.2. The number of aliphatic hydroxyl groups is 1. The molecule has 124 valence electrons. The van der Waals surface area contributed by atoms with Crippen LogP contribution in [0.2, 0.25) is 0 Å². The van der Waals surface area contributed by atoms with E-state index in [1.54, 1.807) is 16.8 Å². The minimum absolute atomic E-state index is 0.196. The number of likely N-dealkylation sites (tertiary alicyclic amines) is 1. The monoisotopic (exact) mass is 319 g/mol. The Labute approximate surface area is 135 Å². The maximum Gasteiger partial charge on any atom is 0.123 e. The van der Waals surface area contributed by atoms with Crippen molar-refractivity contribution < 1.29 is 14.2 Å². The summed E-state index contributed by atoms with van der Waals surface area (Å²) in [6.45, 7) is 1.72. The number of benzene rings is 1. The van der Waals surface area contributed by atoms with Crippen LogP contribution in [0, 0.1) is 5.82 Å². The quantitative estimate of drug-likeness (QED) is 0.886. The van der Waals surface area contributed by atoms with Crippen molar-refractivity contribution in [2.75, 3.05) is 19.7 Å². The molecule has 0 spiro atoms. The van der Waals surface area contributed by atoms with Gasteiger partial charge in [-0.15, -0.1) is 0 Å². The Morgan fingerprint density at radius 1 is 1.39 bits per heavy atom. The first kappa shape index (κ1) is 16.0. The van der Waals surface area contributed by atoms with Crippen LogP contribution in [0.25, 0.3) is 0 Å². The van der Waals surface area contributed by atoms with Crippen molar-refractivity contribution in [3.8, 4) is 5.75 Å². The Bertz CT molecular complexity index is 629. The summed E-state index contributed by atoms with van der Waals surface area (Å²) in [7, 11) is 1.91. The lowest BCUT2D eigenvalue weighted by atomic mass is 10.1. The van der Waals surface area contributed by atoms with Crippen LogP contribution in [0.15, 0.2) is 36.7 Å². The lowest BCUT2D eigenvalue weighted by molar-refractivity contribution is 0.0638. The molecular formula is C17H22FN3O2. The van der Waals surface area contributed by atoms with E-state index in [1.807, 2.05) is 19.4 Å². The second-order valence-electron chi connectivity index (χ2n) is 6.02. The van der Waals surface area contributed by atoms with Gasteiger partial charge in [0.25, 0.3) is 0 Å². The molecule has 0 saturated carbocycles. The van der Waals surface area contributed by atoms with Gasteiger partial charge in [0.2, 0.25) is 0 Å². The highest BCUT2D eigenvalue weighted by Crippen LogP contribution is 2.31. The number of hydrogen-bond acceptors (Lipinski definition) is 4. The molecule has 2 unspecified atom stereocenters. The fourth-order valence-electron chi connectivity index (χ4n) is 3.08. The second kappa shape index (κ2) is 7.10. The number of aliphatic hydroxyl groups excluding tert-OH is 1. The molecule has 0 aliphatic carbocycles. The van der Waals surface area contributed by atoms with Crippen LogP contribution in [0.4, 0.5) is 4.39 Å². The van der Waals surface area contributed by atoms with Crippen LogP contribution in [0.3, 0.4) is 0 Å². The van der Waals surface area contributed by atoms with E-state index in [0.29, 0.717) is 18.3 Å². The predicted molar refractivity (Wildman–Crippen MR) is 84.7 cm³/mol. The molecule has 1 aromatic heterocycles. The summed E-state index contributed by atoms with van der Waals surface area (Å²) in [4.78, 5) is 2.27. The highest BCUT2D eigenvalue weighted by Gasteiger charge is 2.28. The van der Waals surface area contributed by atoms with E-state index >= 15 is 0 Å². The molecule has 0 amide bonds. The molecule has 2 aromatic rings. The number of hydrogen-bond donors (Lipinski definition) is 1. The Morgan fingerprint density at radius 3 is 2.87 bits per heavy atom. The Kier molecular flexibility index (Phi) is 4.93. The van der Waals surface area contributed by atoms with Gasteiger partial charge in [-0.1, -0.05) is 0 Å². The predicted octanol–water partition coefficient (Wildman–Crippen LogP) is 2.14. The van der Waals surface area contributed by atoms with Crippen molar-refractivity contribution in [3.63, 3.8) is 0 Å². The number of halogens is 1. The fraction of sp³-hybridized carbons (Fsp3) is 0.471. The average Bonchev–Trinajstić information content (AvgIpc) is 3.15. The third-order valence-electron chi connectivity index (χ3n) is 4.17. The third kappa shape index (κ3) is 4.09. The number of nitrogens with zero attached hydrogens (tertiary/aromatic N) is 3. The van der Waals surface area contributed by atoms with Gasteiger partial charge in [0.05, 0.1) is 6.20 Å². The molecule has 1 N–H and O–H groups in total. The molecule has 1 aromatic carbocycles. The largest absolute Gasteiger partial charge is 0.491 e. The van der Waals surface area contributed by atoms with E-state index in [-0.39, 0.29) is 12.4 Å². The molecule has 0 bridgehead atoms. The first-order valence-corrected chi connectivity index (χ1v) is 7.91. The summed E-state index contributed by atoms with van der Waals surface area (Å²) in [6, 6.07) is 6.14. The molecule has 0 radical (unpaired) electrons. The van der Waals surface area contributed by atoms with Crippen LogP contribution in [0.1, 0.15) is 24.4 Å². The normalized spacial score (nSPS) is 19.9. The van der Waals surface area contributed by atoms with E-state index in [2.05, 4.69) is 10.00 Å². The second-order valence-corrected chi connectivity index (χ2v) is 6.02. The van der Waals surface area contributed by atoms with Crippen LogP contribution >= 0.6 is 0 Å². The average molecular weight is 319 g/mol. The van der Waals surface area contributed by atoms with Crippen LogP contribution in [0.5, 0.6) is 5.75 Å². The summed E-state index contributed by atoms with van der Waals surface area (Å²) in [5.74, 6) is 0.268. The molecule has 1 aliphatic heterocycles. The molecule has 2 heterocycles. The van der Waals surface area contributed by atoms with Crippen LogP contribution in [-0.2, 0) is 7.05 Å². The zero-order chi connectivity index (χ0) is 16.2. The number of aryl methyl sites for hydroxylation is 1. The molecule has 6 heteroatoms. The first-order chi connectivity index (χ1) is 11.1. The highest BCUT2D eigenvalue weighted by atomic mass is 19.1. The molecule has 1 saturated heterocycles. The summed E-state index contributed by atoms with van der Waals surface area (Å²) in [5.41, 5.74) is 1.19. The lowest BCUT2D eigenvalue weighted by Gasteiger charge is -2.26. The van der Waals surface area contributed by atoms with Gasteiger partial charge in [-0.3, -0.25) is 9.58 Å². The Morgan fingerprint density at radius 2 is 2.17 bits per heavy atom. The molecule has 1 fully saturated rings. The van der Waals surface area contributed by atoms with Gasteiger partial charge in [-0.05, 0) is 43.7 Å². The Balaban J connectivity index is 1.52. The summed E-state index contributed by atoms with van der Waals surface area (Å²) < 4.78 is 20.2. The van der Waals surface area contributed by atoms with Crippen molar-refractivity contribution in [3.05, 3.63) is 48.0 Å². The molecule has 5 nitrogen and oxygen atoms in total. The van der Waals surface area contributed by atoms with Gasteiger partial charge in [0.1, 0.15) is 24.3 Å². The van der Waals surface area contributed by atoms with E-state index in [4.69, 9.17) is 4.74 Å². The Hall–Kier alpha value is -1.92. The van der Waals surface area contributed by atoms with Crippen molar-refractivity contribution in [1.29, 1.82) is 0 Å². The van der Waals surface area contributed by atoms with Gasteiger partial charge >= 0.3 is 0 Å². The number of aromatic nitrogens is 2. The van der Waals surface area contributed by atoms with Gasteiger partial charge in [-0.25, -0.2) is 4.39 Å². The van der Waals surface area contributed by atoms with Crippen molar-refractivity contribution in [1.82, 2.24) is 14.7 Å². The summed E-state index contributed by atoms with van der Waals surface area (Å²) in [6.07, 6.45) is 5.54. The first-order valence-electron chi connectivity index (χ1n) is 7.91. The minimum Gasteiger partial charge on any atom is -0.491 e. The van der Waals surface area contributed by atoms with Gasteiger partial charge in [0.15, 0.2) is 0 Å². The number of β-amino-alcohol motifs (C(OH)–C–C–N with tert-alkyl or cyclic N) is 1. The van der Waals surface area contributed by atoms with Gasteiger partial charge in [0, 0.05) is 31.4 Å². The smallest absolute Gasteiger partial charge is 0.123 e. The molecule has 2 atom stereocenters. The topological polar surface area (TPSA) is 50.5 Å². The van der Waals surface area contributed by atoms with E-state index < -0.39 is 6.10 Å². The number of rotatable bonds is 6. The van der Waals surface area contributed by atoms with Crippen LogP contribution < -0.4 is 4.74 Å². The van der Waals surface area contributed by atoms with E-state index in [0.717, 1.165) is 19.4 Å². The maximum absolute atomic E-state index is 12.8. The summed E-state index contributed by atoms with van der Waals surface area (Å²) in [5, 5.41) is 14.5. The molecule has 1 aliphatic rings. The highest BCUT2D eigenvalue weighted by molar-refractivity contribution is 5.22. The maximum atomic E-state index is 12.8. The number of ether oxygens (including phenoxy) is 1. The molecule has 23 heavy (non-hydrogen) atoms. The third-order valence-corrected chi connectivity index (χ3v) is 4.17. The molecular weight excluding hydrogens is 297 g/mol. The van der Waals surface area contributed by atoms with Crippen LogP contribution in [-0.4, -0.2) is 45.6 Å². The SMILES string of the molecule is Cn1cc(C2CCCN2CC(O)COc2ccc(F)cc2)cn1. The van der Waals surface area contributed by atoms with Gasteiger partial charge in [-0.2, -0.15) is 5.10 Å². The van der Waals surface area contributed by atoms with E-state index in [9.17, 15) is 9.50 Å². The standard InChI is InChI=1S/C17H22FN3O2/c1-20-10-13(9-19-20)17-3-2-8-21(17)11-15(22)12-23-16-6-4-14(18)5-7-16/h4-7,9-10,15,17,22H,2-3,8,11-12H2,1H3. The van der Waals surface area contributed by atoms with E-state index in [1.165, 1.54) is 17.7 Å². The minimum atomic E-state index is -0.586. The van der Waals surface area contributed by atoms with Crippen molar-refractivity contribution in [2.45, 2.75) is 25.0 Å². The fourth-order valence-corrected chi connectivity index (χ4v) is 3.08. The van der Waals surface area contributed by atoms with Gasteiger partial charge < -0.3 is 9.84 Å². The zero-order valence-electron chi connectivity index (χ0n) is 13.2. The lowest BCUT2D eigenvalue weighted by Crippen LogP contribution is -2.35. The molecule has 3 rings (SSSR count). The van der Waals surface area contributed by atoms with Crippen molar-refractivity contribution in [2.24, 2.45) is 7.05 Å².